The molecule has 0 radical (unpaired) electrons. The maximum Gasteiger partial charge on any atom is 0.255 e. The first-order chi connectivity index (χ1) is 8.61. The zero-order valence-electron chi connectivity index (χ0n) is 9.90. The van der Waals surface area contributed by atoms with Gasteiger partial charge in [0.15, 0.2) is 0 Å². The molecule has 0 unspecified atom stereocenters. The lowest BCUT2D eigenvalue weighted by Gasteiger charge is -2.31. The Bertz CT molecular complexity index is 445. The van der Waals surface area contributed by atoms with Crippen LogP contribution >= 0.6 is 38.5 Å². The van der Waals surface area contributed by atoms with Crippen molar-refractivity contribution in [2.45, 2.75) is 12.8 Å². The van der Waals surface area contributed by atoms with E-state index >= 15 is 0 Å². The molecule has 0 atom stereocenters. The van der Waals surface area contributed by atoms with Crippen LogP contribution in [0.1, 0.15) is 23.2 Å². The van der Waals surface area contributed by atoms with Crippen molar-refractivity contribution in [1.82, 2.24) is 4.90 Å². The Hall–Kier alpha value is -0.140. The quantitative estimate of drug-likeness (QED) is 0.743. The molecule has 0 saturated carbocycles. The van der Waals surface area contributed by atoms with Crippen LogP contribution in [-0.4, -0.2) is 35.6 Å². The second kappa shape index (κ2) is 6.34. The summed E-state index contributed by atoms with van der Waals surface area (Å²) >= 11 is 5.64. The average molecular weight is 424 g/mol. The normalized spacial score (nSPS) is 16.9. The van der Waals surface area contributed by atoms with Gasteiger partial charge in [-0.15, -0.1) is 0 Å². The average Bonchev–Trinajstić information content (AvgIpc) is 2.41. The van der Waals surface area contributed by atoms with Crippen molar-refractivity contribution in [2.75, 3.05) is 19.7 Å². The van der Waals surface area contributed by atoms with Crippen LogP contribution in [0.15, 0.2) is 22.7 Å². The van der Waals surface area contributed by atoms with E-state index in [0.29, 0.717) is 5.92 Å². The van der Waals surface area contributed by atoms with Crippen LogP contribution in [0.5, 0.6) is 0 Å². The van der Waals surface area contributed by atoms with Gasteiger partial charge in [0.05, 0.1) is 5.56 Å². The highest BCUT2D eigenvalue weighted by atomic mass is 127. The standard InChI is InChI=1S/C13H15BrINO2/c14-12-2-1-10(15)7-11(12)13(18)16-5-3-9(8-17)4-6-16/h1-2,7,9,17H,3-6,8H2. The summed E-state index contributed by atoms with van der Waals surface area (Å²) in [5, 5.41) is 9.10. The van der Waals surface area contributed by atoms with E-state index in [9.17, 15) is 4.79 Å². The van der Waals surface area contributed by atoms with Crippen molar-refractivity contribution in [1.29, 1.82) is 0 Å². The molecule has 5 heteroatoms. The molecule has 0 aliphatic carbocycles. The Balaban J connectivity index is 2.10. The molecule has 1 amide bonds. The van der Waals surface area contributed by atoms with Crippen molar-refractivity contribution >= 4 is 44.4 Å². The summed E-state index contributed by atoms with van der Waals surface area (Å²) in [7, 11) is 0. The lowest BCUT2D eigenvalue weighted by Crippen LogP contribution is -2.39. The summed E-state index contributed by atoms with van der Waals surface area (Å²) in [5.41, 5.74) is 0.726. The first-order valence-electron chi connectivity index (χ1n) is 5.97. The van der Waals surface area contributed by atoms with Gasteiger partial charge in [0.2, 0.25) is 0 Å². The summed E-state index contributed by atoms with van der Waals surface area (Å²) in [6.07, 6.45) is 1.79. The van der Waals surface area contributed by atoms with E-state index in [0.717, 1.165) is 39.5 Å². The number of hydrogen-bond donors (Lipinski definition) is 1. The maximum absolute atomic E-state index is 12.4. The van der Waals surface area contributed by atoms with E-state index in [1.807, 2.05) is 23.1 Å². The molecule has 3 nitrogen and oxygen atoms in total. The fourth-order valence-electron chi connectivity index (χ4n) is 2.15. The number of likely N-dealkylation sites (tertiary alicyclic amines) is 1. The maximum atomic E-state index is 12.4. The zero-order chi connectivity index (χ0) is 13.1. The molecule has 18 heavy (non-hydrogen) atoms. The SMILES string of the molecule is O=C(c1cc(I)ccc1Br)N1CCC(CO)CC1. The van der Waals surface area contributed by atoms with E-state index in [4.69, 9.17) is 5.11 Å². The van der Waals surface area contributed by atoms with Crippen LogP contribution in [-0.2, 0) is 0 Å². The lowest BCUT2D eigenvalue weighted by atomic mass is 9.97. The summed E-state index contributed by atoms with van der Waals surface area (Å²) in [6.45, 7) is 1.71. The number of halogens is 2. The molecule has 0 bridgehead atoms. The molecule has 1 aliphatic rings. The minimum absolute atomic E-state index is 0.0804. The lowest BCUT2D eigenvalue weighted by molar-refractivity contribution is 0.0650. The Morgan fingerprint density at radius 3 is 2.72 bits per heavy atom. The number of hydrogen-bond acceptors (Lipinski definition) is 2. The topological polar surface area (TPSA) is 40.5 Å². The van der Waals surface area contributed by atoms with Gasteiger partial charge in [-0.25, -0.2) is 0 Å². The number of aliphatic hydroxyl groups excluding tert-OH is 1. The summed E-state index contributed by atoms with van der Waals surface area (Å²) in [4.78, 5) is 14.3. The van der Waals surface area contributed by atoms with Crippen molar-refractivity contribution in [3.63, 3.8) is 0 Å². The second-order valence-corrected chi connectivity index (χ2v) is 6.64. The number of piperidine rings is 1. The Morgan fingerprint density at radius 2 is 2.11 bits per heavy atom. The number of carbonyl (C=O) groups excluding carboxylic acids is 1. The number of carbonyl (C=O) groups is 1. The number of benzene rings is 1. The van der Waals surface area contributed by atoms with Crippen LogP contribution < -0.4 is 0 Å². The minimum atomic E-state index is 0.0804. The fraction of sp³-hybridized carbons (Fsp3) is 0.462. The molecule has 1 fully saturated rings. The molecule has 1 saturated heterocycles. The Labute approximate surface area is 129 Å². The monoisotopic (exact) mass is 423 g/mol. The Kier molecular flexibility index (Phi) is 5.03. The van der Waals surface area contributed by atoms with E-state index in [2.05, 4.69) is 38.5 Å². The van der Waals surface area contributed by atoms with Gasteiger partial charge >= 0.3 is 0 Å². The summed E-state index contributed by atoms with van der Waals surface area (Å²) in [6, 6.07) is 5.79. The third-order valence-electron chi connectivity index (χ3n) is 3.32. The summed E-state index contributed by atoms with van der Waals surface area (Å²) in [5.74, 6) is 0.435. The van der Waals surface area contributed by atoms with E-state index in [1.54, 1.807) is 0 Å². The fourth-order valence-corrected chi connectivity index (χ4v) is 3.06. The third kappa shape index (κ3) is 3.24. The molecule has 1 N–H and O–H groups in total. The van der Waals surface area contributed by atoms with Crippen LogP contribution in [0.2, 0.25) is 0 Å². The van der Waals surface area contributed by atoms with Crippen LogP contribution in [0.3, 0.4) is 0 Å². The van der Waals surface area contributed by atoms with Crippen molar-refractivity contribution < 1.29 is 9.90 Å². The Morgan fingerprint density at radius 1 is 1.44 bits per heavy atom. The number of amides is 1. The highest BCUT2D eigenvalue weighted by Gasteiger charge is 2.24. The molecule has 1 aromatic carbocycles. The minimum Gasteiger partial charge on any atom is -0.396 e. The molecule has 0 spiro atoms. The van der Waals surface area contributed by atoms with Gasteiger partial charge in [0.1, 0.15) is 0 Å². The van der Waals surface area contributed by atoms with Crippen molar-refractivity contribution in [3.05, 3.63) is 31.8 Å². The van der Waals surface area contributed by atoms with E-state index < -0.39 is 0 Å². The highest BCUT2D eigenvalue weighted by Crippen LogP contribution is 2.24. The number of nitrogens with zero attached hydrogens (tertiary/aromatic N) is 1. The van der Waals surface area contributed by atoms with Gasteiger partial charge in [-0.2, -0.15) is 0 Å². The van der Waals surface area contributed by atoms with E-state index in [-0.39, 0.29) is 12.5 Å². The van der Waals surface area contributed by atoms with Crippen molar-refractivity contribution in [3.8, 4) is 0 Å². The predicted molar refractivity (Wildman–Crippen MR) is 82.6 cm³/mol. The molecule has 1 aromatic rings. The number of aliphatic hydroxyl groups is 1. The van der Waals surface area contributed by atoms with E-state index in [1.165, 1.54) is 0 Å². The largest absolute Gasteiger partial charge is 0.396 e. The molecule has 1 heterocycles. The molecule has 1 aliphatic heterocycles. The summed E-state index contributed by atoms with van der Waals surface area (Å²) < 4.78 is 1.90. The van der Waals surface area contributed by atoms with Crippen LogP contribution in [0.25, 0.3) is 0 Å². The highest BCUT2D eigenvalue weighted by molar-refractivity contribution is 14.1. The molecule has 98 valence electrons. The zero-order valence-corrected chi connectivity index (χ0v) is 13.6. The van der Waals surface area contributed by atoms with Gasteiger partial charge < -0.3 is 10.0 Å². The van der Waals surface area contributed by atoms with Gasteiger partial charge in [-0.1, -0.05) is 0 Å². The predicted octanol–water partition coefficient (Wildman–Crippen LogP) is 2.90. The van der Waals surface area contributed by atoms with Gasteiger partial charge in [-0.05, 0) is 75.5 Å². The molecular formula is C13H15BrINO2. The first-order valence-corrected chi connectivity index (χ1v) is 7.84. The number of rotatable bonds is 2. The molecular weight excluding hydrogens is 409 g/mol. The van der Waals surface area contributed by atoms with Gasteiger partial charge in [0, 0.05) is 27.7 Å². The van der Waals surface area contributed by atoms with Crippen LogP contribution in [0.4, 0.5) is 0 Å². The van der Waals surface area contributed by atoms with Gasteiger partial charge in [0.25, 0.3) is 5.91 Å². The van der Waals surface area contributed by atoms with Crippen LogP contribution in [0, 0.1) is 9.49 Å². The molecule has 0 aromatic heterocycles. The molecule has 2 rings (SSSR count). The van der Waals surface area contributed by atoms with Gasteiger partial charge in [-0.3, -0.25) is 4.79 Å². The smallest absolute Gasteiger partial charge is 0.255 e. The van der Waals surface area contributed by atoms with Crippen molar-refractivity contribution in [2.24, 2.45) is 5.92 Å². The second-order valence-electron chi connectivity index (χ2n) is 4.54. The third-order valence-corrected chi connectivity index (χ3v) is 4.68. The first kappa shape index (κ1) is 14.3.